The summed E-state index contributed by atoms with van der Waals surface area (Å²) in [7, 11) is 1.38. The summed E-state index contributed by atoms with van der Waals surface area (Å²) in [6.45, 7) is 1.91. The van der Waals surface area contributed by atoms with E-state index < -0.39 is 6.04 Å². The molecule has 100 valence electrons. The van der Waals surface area contributed by atoms with Gasteiger partial charge < -0.3 is 10.1 Å². The molecule has 1 heterocycles. The van der Waals surface area contributed by atoms with Crippen molar-refractivity contribution in [2.24, 2.45) is 0 Å². The van der Waals surface area contributed by atoms with Crippen LogP contribution in [0.3, 0.4) is 0 Å². The topological polar surface area (TPSA) is 51.2 Å². The van der Waals surface area contributed by atoms with Crippen molar-refractivity contribution in [1.29, 1.82) is 0 Å². The predicted molar refractivity (Wildman–Crippen MR) is 76.5 cm³/mol. The van der Waals surface area contributed by atoms with Gasteiger partial charge in [-0.2, -0.15) is 0 Å². The number of halogens is 1. The highest BCUT2D eigenvalue weighted by molar-refractivity contribution is 6.31. The van der Waals surface area contributed by atoms with Crippen LogP contribution in [0.1, 0.15) is 13.3 Å². The molecule has 1 aromatic carbocycles. The average Bonchev–Trinajstić information content (AvgIpc) is 2.43. The third-order valence-electron chi connectivity index (χ3n) is 2.89. The highest BCUT2D eigenvalue weighted by Gasteiger charge is 2.18. The number of ether oxygens (including phenoxy) is 1. The van der Waals surface area contributed by atoms with Crippen molar-refractivity contribution in [2.75, 3.05) is 12.4 Å². The molecule has 2 aromatic rings. The molecule has 0 saturated carbocycles. The second kappa shape index (κ2) is 5.89. The van der Waals surface area contributed by atoms with E-state index in [-0.39, 0.29) is 5.97 Å². The van der Waals surface area contributed by atoms with Crippen LogP contribution in [0.25, 0.3) is 10.9 Å². The molecule has 0 spiro atoms. The lowest BCUT2D eigenvalue weighted by Gasteiger charge is -2.17. The number of aromatic nitrogens is 1. The molecule has 1 atom stereocenters. The number of hydrogen-bond donors (Lipinski definition) is 1. The van der Waals surface area contributed by atoms with Gasteiger partial charge in [-0.25, -0.2) is 4.79 Å². The molecule has 0 saturated heterocycles. The fourth-order valence-corrected chi connectivity index (χ4v) is 2.15. The molecule has 0 aliphatic heterocycles. The summed E-state index contributed by atoms with van der Waals surface area (Å²) in [6.07, 6.45) is 2.33. The van der Waals surface area contributed by atoms with Crippen molar-refractivity contribution in [3.8, 4) is 0 Å². The fraction of sp³-hybridized carbons (Fsp3) is 0.286. The highest BCUT2D eigenvalue weighted by Crippen LogP contribution is 2.27. The number of esters is 1. The molecule has 1 N–H and O–H groups in total. The molecule has 0 radical (unpaired) electrons. The number of hydrogen-bond acceptors (Lipinski definition) is 4. The van der Waals surface area contributed by atoms with Gasteiger partial charge in [0.2, 0.25) is 0 Å². The third-order valence-corrected chi connectivity index (χ3v) is 3.11. The zero-order valence-electron chi connectivity index (χ0n) is 10.8. The van der Waals surface area contributed by atoms with Crippen LogP contribution in [0.5, 0.6) is 0 Å². The summed E-state index contributed by atoms with van der Waals surface area (Å²) in [4.78, 5) is 16.0. The average molecular weight is 279 g/mol. The van der Waals surface area contributed by atoms with E-state index >= 15 is 0 Å². The lowest BCUT2D eigenvalue weighted by Crippen LogP contribution is -2.29. The van der Waals surface area contributed by atoms with E-state index in [9.17, 15) is 4.79 Å². The van der Waals surface area contributed by atoms with E-state index in [1.807, 2.05) is 25.1 Å². The number of rotatable bonds is 4. The Morgan fingerprint density at radius 1 is 1.53 bits per heavy atom. The molecule has 2 rings (SSSR count). The van der Waals surface area contributed by atoms with Crippen LogP contribution in [-0.2, 0) is 9.53 Å². The van der Waals surface area contributed by atoms with E-state index in [2.05, 4.69) is 10.3 Å². The van der Waals surface area contributed by atoms with Crippen LogP contribution in [-0.4, -0.2) is 24.1 Å². The number of fused-ring (bicyclic) bond motifs is 1. The number of benzene rings is 1. The zero-order valence-corrected chi connectivity index (χ0v) is 11.6. The van der Waals surface area contributed by atoms with Crippen LogP contribution < -0.4 is 5.32 Å². The summed E-state index contributed by atoms with van der Waals surface area (Å²) < 4.78 is 4.76. The van der Waals surface area contributed by atoms with Gasteiger partial charge in [-0.3, -0.25) is 4.98 Å². The van der Waals surface area contributed by atoms with Gasteiger partial charge >= 0.3 is 5.97 Å². The maximum absolute atomic E-state index is 11.6. The van der Waals surface area contributed by atoms with Gasteiger partial charge in [-0.1, -0.05) is 24.6 Å². The SMILES string of the molecule is CCC(Nc1cc(Cl)cc2cccnc12)C(=O)OC. The molecule has 0 amide bonds. The minimum Gasteiger partial charge on any atom is -0.467 e. The van der Waals surface area contributed by atoms with Crippen molar-refractivity contribution in [1.82, 2.24) is 4.98 Å². The number of carbonyl (C=O) groups is 1. The Bertz CT molecular complexity index is 601. The van der Waals surface area contributed by atoms with Crippen LogP contribution in [0.15, 0.2) is 30.5 Å². The van der Waals surface area contributed by atoms with Gasteiger partial charge in [-0.05, 0) is 24.6 Å². The smallest absolute Gasteiger partial charge is 0.328 e. The van der Waals surface area contributed by atoms with E-state index in [0.29, 0.717) is 11.4 Å². The van der Waals surface area contributed by atoms with Gasteiger partial charge in [0, 0.05) is 16.6 Å². The number of methoxy groups -OCH3 is 1. The third kappa shape index (κ3) is 2.96. The summed E-state index contributed by atoms with van der Waals surface area (Å²) in [5.41, 5.74) is 1.52. The first-order chi connectivity index (χ1) is 9.15. The van der Waals surface area contributed by atoms with E-state index in [1.165, 1.54) is 7.11 Å². The Kier molecular flexibility index (Phi) is 4.22. The normalized spacial score (nSPS) is 12.2. The molecule has 1 unspecified atom stereocenters. The summed E-state index contributed by atoms with van der Waals surface area (Å²) in [5, 5.41) is 4.67. The van der Waals surface area contributed by atoms with Crippen molar-refractivity contribution < 1.29 is 9.53 Å². The largest absolute Gasteiger partial charge is 0.467 e. The summed E-state index contributed by atoms with van der Waals surface area (Å²) in [6, 6.07) is 6.98. The predicted octanol–water partition coefficient (Wildman–Crippen LogP) is 3.25. The minimum atomic E-state index is -0.409. The molecule has 5 heteroatoms. The quantitative estimate of drug-likeness (QED) is 0.872. The number of anilines is 1. The van der Waals surface area contributed by atoms with Gasteiger partial charge in [0.05, 0.1) is 18.3 Å². The number of carbonyl (C=O) groups excluding carboxylic acids is 1. The highest BCUT2D eigenvalue weighted by atomic mass is 35.5. The monoisotopic (exact) mass is 278 g/mol. The minimum absolute atomic E-state index is 0.299. The van der Waals surface area contributed by atoms with Crippen molar-refractivity contribution >= 4 is 34.2 Å². The van der Waals surface area contributed by atoms with Gasteiger partial charge in [0.1, 0.15) is 6.04 Å². The van der Waals surface area contributed by atoms with Gasteiger partial charge in [-0.15, -0.1) is 0 Å². The molecule has 0 bridgehead atoms. The number of nitrogens with one attached hydrogen (secondary N) is 1. The Morgan fingerprint density at radius 3 is 3.00 bits per heavy atom. The molecule has 0 aliphatic carbocycles. The second-order valence-corrected chi connectivity index (χ2v) is 4.59. The molecule has 0 aliphatic rings. The molecule has 19 heavy (non-hydrogen) atoms. The Hall–Kier alpha value is -1.81. The summed E-state index contributed by atoms with van der Waals surface area (Å²) in [5.74, 6) is -0.299. The zero-order chi connectivity index (χ0) is 13.8. The van der Waals surface area contributed by atoms with Crippen LogP contribution in [0.2, 0.25) is 5.02 Å². The molecular weight excluding hydrogens is 264 g/mol. The van der Waals surface area contributed by atoms with E-state index in [1.54, 1.807) is 12.3 Å². The van der Waals surface area contributed by atoms with Gasteiger partial charge in [0.15, 0.2) is 0 Å². The van der Waals surface area contributed by atoms with E-state index in [4.69, 9.17) is 16.3 Å². The summed E-state index contributed by atoms with van der Waals surface area (Å²) >= 11 is 6.08. The van der Waals surface area contributed by atoms with Crippen molar-refractivity contribution in [2.45, 2.75) is 19.4 Å². The van der Waals surface area contributed by atoms with Crippen molar-refractivity contribution in [3.63, 3.8) is 0 Å². The number of nitrogens with zero attached hydrogens (tertiary/aromatic N) is 1. The number of pyridine rings is 1. The first kappa shape index (κ1) is 13.6. The first-order valence-electron chi connectivity index (χ1n) is 6.04. The molecule has 1 aromatic heterocycles. The lowest BCUT2D eigenvalue weighted by molar-refractivity contribution is -0.141. The second-order valence-electron chi connectivity index (χ2n) is 4.16. The van der Waals surface area contributed by atoms with Gasteiger partial charge in [0.25, 0.3) is 0 Å². The van der Waals surface area contributed by atoms with Crippen molar-refractivity contribution in [3.05, 3.63) is 35.5 Å². The molecule has 0 fully saturated rings. The Labute approximate surface area is 116 Å². The van der Waals surface area contributed by atoms with Crippen LogP contribution >= 0.6 is 11.6 Å². The Balaban J connectivity index is 2.41. The fourth-order valence-electron chi connectivity index (χ4n) is 1.92. The molecule has 4 nitrogen and oxygen atoms in total. The standard InChI is InChI=1S/C14H15ClN2O2/c1-3-11(14(18)19-2)17-12-8-10(15)7-9-5-4-6-16-13(9)12/h4-8,11,17H,3H2,1-2H3. The first-order valence-corrected chi connectivity index (χ1v) is 6.42. The Morgan fingerprint density at radius 2 is 2.32 bits per heavy atom. The molecular formula is C14H15ClN2O2. The van der Waals surface area contributed by atoms with E-state index in [0.717, 1.165) is 16.6 Å². The maximum atomic E-state index is 11.6. The van der Waals surface area contributed by atoms with Crippen LogP contribution in [0.4, 0.5) is 5.69 Å². The maximum Gasteiger partial charge on any atom is 0.328 e. The van der Waals surface area contributed by atoms with Crippen LogP contribution in [0, 0.1) is 0 Å². The lowest BCUT2D eigenvalue weighted by atomic mass is 10.1.